The van der Waals surface area contributed by atoms with E-state index < -0.39 is 0 Å². The predicted molar refractivity (Wildman–Crippen MR) is 109 cm³/mol. The summed E-state index contributed by atoms with van der Waals surface area (Å²) in [5.74, 6) is -0.320. The van der Waals surface area contributed by atoms with Gasteiger partial charge in [-0.05, 0) is 31.4 Å². The lowest BCUT2D eigenvalue weighted by Gasteiger charge is -2.34. The van der Waals surface area contributed by atoms with E-state index in [1.165, 1.54) is 6.07 Å². The van der Waals surface area contributed by atoms with Crippen LogP contribution in [0.25, 0.3) is 11.0 Å². The molecule has 1 fully saturated rings. The average Bonchev–Trinajstić information content (AvgIpc) is 3.22. The Morgan fingerprint density at radius 3 is 2.47 bits per heavy atom. The van der Waals surface area contributed by atoms with Gasteiger partial charge in [-0.3, -0.25) is 19.1 Å². The maximum Gasteiger partial charge on any atom is 0.289 e. The Balaban J connectivity index is 1.29. The van der Waals surface area contributed by atoms with Crippen molar-refractivity contribution < 1.29 is 14.0 Å². The van der Waals surface area contributed by atoms with E-state index in [9.17, 15) is 14.4 Å². The normalized spacial score (nSPS) is 16.5. The smallest absolute Gasteiger partial charge is 0.289 e. The van der Waals surface area contributed by atoms with Crippen molar-refractivity contribution in [3.8, 4) is 0 Å². The van der Waals surface area contributed by atoms with E-state index in [4.69, 9.17) is 4.42 Å². The van der Waals surface area contributed by atoms with Crippen LogP contribution in [0.1, 0.15) is 39.4 Å². The first-order valence-corrected chi connectivity index (χ1v) is 10.3. The molecule has 0 bridgehead atoms. The average molecular weight is 406 g/mol. The van der Waals surface area contributed by atoms with E-state index in [1.54, 1.807) is 40.3 Å². The van der Waals surface area contributed by atoms with Crippen LogP contribution in [-0.4, -0.2) is 57.6 Å². The zero-order valence-electron chi connectivity index (χ0n) is 16.5. The van der Waals surface area contributed by atoms with Crippen LogP contribution < -0.4 is 5.43 Å². The van der Waals surface area contributed by atoms with E-state index in [-0.39, 0.29) is 23.0 Å². The first-order chi connectivity index (χ1) is 14.6. The number of fused-ring (bicyclic) bond motifs is 2. The van der Waals surface area contributed by atoms with Crippen molar-refractivity contribution in [2.24, 2.45) is 0 Å². The molecule has 30 heavy (non-hydrogen) atoms. The molecule has 8 nitrogen and oxygen atoms in total. The Kier molecular flexibility index (Phi) is 4.61. The van der Waals surface area contributed by atoms with Gasteiger partial charge in [0.2, 0.25) is 0 Å². The number of rotatable bonds is 2. The molecule has 0 N–H and O–H groups in total. The monoisotopic (exact) mass is 406 g/mol. The lowest BCUT2D eigenvalue weighted by atomic mass is 10.1. The molecule has 5 rings (SSSR count). The molecule has 2 aliphatic rings. The number of aryl methyl sites for hydroxylation is 1. The van der Waals surface area contributed by atoms with Gasteiger partial charge in [0, 0.05) is 38.8 Å². The van der Waals surface area contributed by atoms with Gasteiger partial charge in [-0.15, -0.1) is 0 Å². The van der Waals surface area contributed by atoms with E-state index in [0.717, 1.165) is 31.5 Å². The van der Waals surface area contributed by atoms with Gasteiger partial charge < -0.3 is 14.2 Å². The van der Waals surface area contributed by atoms with Crippen LogP contribution in [0.4, 0.5) is 0 Å². The molecule has 0 atom stereocenters. The molecule has 2 aliphatic heterocycles. The van der Waals surface area contributed by atoms with Crippen LogP contribution in [0.3, 0.4) is 0 Å². The number of carbonyl (C=O) groups is 2. The summed E-state index contributed by atoms with van der Waals surface area (Å²) in [4.78, 5) is 41.5. The number of piperazine rings is 1. The minimum absolute atomic E-state index is 0.0255. The second-order valence-corrected chi connectivity index (χ2v) is 7.74. The van der Waals surface area contributed by atoms with Crippen molar-refractivity contribution >= 4 is 22.8 Å². The van der Waals surface area contributed by atoms with E-state index >= 15 is 0 Å². The van der Waals surface area contributed by atoms with Crippen molar-refractivity contribution in [3.63, 3.8) is 0 Å². The predicted octanol–water partition coefficient (Wildman–Crippen LogP) is 1.92. The van der Waals surface area contributed by atoms with Crippen LogP contribution in [0.2, 0.25) is 0 Å². The highest BCUT2D eigenvalue weighted by atomic mass is 16.3. The highest BCUT2D eigenvalue weighted by Gasteiger charge is 2.29. The van der Waals surface area contributed by atoms with Gasteiger partial charge in [-0.1, -0.05) is 12.1 Å². The van der Waals surface area contributed by atoms with Crippen molar-refractivity contribution in [3.05, 3.63) is 63.8 Å². The summed E-state index contributed by atoms with van der Waals surface area (Å²) in [5.41, 5.74) is 1.85. The second-order valence-electron chi connectivity index (χ2n) is 7.74. The first kappa shape index (κ1) is 18.6. The number of hydrogen-bond donors (Lipinski definition) is 0. The maximum atomic E-state index is 13.0. The van der Waals surface area contributed by atoms with Gasteiger partial charge in [0.05, 0.1) is 22.8 Å². The number of benzene rings is 1. The topological polar surface area (TPSA) is 88.7 Å². The van der Waals surface area contributed by atoms with Crippen molar-refractivity contribution in [1.82, 2.24) is 19.6 Å². The molecule has 0 unspecified atom stereocenters. The largest absolute Gasteiger partial charge is 0.451 e. The summed E-state index contributed by atoms with van der Waals surface area (Å²) in [5, 5.41) is 4.80. The molecule has 1 aromatic carbocycles. The zero-order chi connectivity index (χ0) is 20.7. The van der Waals surface area contributed by atoms with Crippen molar-refractivity contribution in [1.29, 1.82) is 0 Å². The third-order valence-corrected chi connectivity index (χ3v) is 5.91. The Bertz CT molecular complexity index is 1190. The molecular formula is C22H22N4O4. The molecule has 3 aromatic rings. The van der Waals surface area contributed by atoms with Gasteiger partial charge in [0.1, 0.15) is 5.58 Å². The van der Waals surface area contributed by atoms with Crippen LogP contribution in [-0.2, 0) is 13.0 Å². The number of para-hydroxylation sites is 1. The van der Waals surface area contributed by atoms with E-state index in [2.05, 4.69) is 5.10 Å². The number of amides is 2. The number of hydrogen-bond acceptors (Lipinski definition) is 5. The van der Waals surface area contributed by atoms with Crippen LogP contribution in [0, 0.1) is 0 Å². The lowest BCUT2D eigenvalue weighted by molar-refractivity contribution is 0.0517. The summed E-state index contributed by atoms with van der Waals surface area (Å²) in [6.07, 6.45) is 4.71. The molecule has 2 amide bonds. The summed E-state index contributed by atoms with van der Waals surface area (Å²) >= 11 is 0. The highest BCUT2D eigenvalue weighted by Crippen LogP contribution is 2.21. The van der Waals surface area contributed by atoms with Gasteiger partial charge in [0.25, 0.3) is 11.8 Å². The molecule has 0 saturated carbocycles. The Hall–Kier alpha value is -3.42. The maximum absolute atomic E-state index is 13.0. The fourth-order valence-corrected chi connectivity index (χ4v) is 4.25. The molecular weight excluding hydrogens is 384 g/mol. The molecule has 0 spiro atoms. The molecule has 4 heterocycles. The van der Waals surface area contributed by atoms with Crippen LogP contribution in [0.5, 0.6) is 0 Å². The van der Waals surface area contributed by atoms with Crippen molar-refractivity contribution in [2.75, 3.05) is 26.2 Å². The molecule has 1 saturated heterocycles. The quantitative estimate of drug-likeness (QED) is 0.649. The van der Waals surface area contributed by atoms with Gasteiger partial charge in [-0.25, -0.2) is 0 Å². The van der Waals surface area contributed by atoms with Crippen LogP contribution >= 0.6 is 0 Å². The van der Waals surface area contributed by atoms with Gasteiger partial charge >= 0.3 is 0 Å². The number of carbonyl (C=O) groups excluding carboxylic acids is 2. The highest BCUT2D eigenvalue weighted by molar-refractivity contribution is 5.96. The Labute approximate surface area is 172 Å². The van der Waals surface area contributed by atoms with E-state index in [0.29, 0.717) is 42.7 Å². The van der Waals surface area contributed by atoms with Gasteiger partial charge in [0.15, 0.2) is 11.2 Å². The summed E-state index contributed by atoms with van der Waals surface area (Å²) < 4.78 is 7.60. The summed E-state index contributed by atoms with van der Waals surface area (Å²) in [7, 11) is 0. The SMILES string of the molecule is O=C(c1cc(=O)c2ccccc2o1)N1CCN(C(=O)c2cnn3c2CCCC3)CC1. The van der Waals surface area contributed by atoms with Crippen LogP contribution in [0.15, 0.2) is 45.7 Å². The molecule has 154 valence electrons. The minimum atomic E-state index is -0.326. The summed E-state index contributed by atoms with van der Waals surface area (Å²) in [6, 6.07) is 8.13. The second kappa shape index (κ2) is 7.44. The third-order valence-electron chi connectivity index (χ3n) is 5.91. The molecule has 8 heteroatoms. The van der Waals surface area contributed by atoms with Gasteiger partial charge in [-0.2, -0.15) is 5.10 Å². The van der Waals surface area contributed by atoms with Crippen molar-refractivity contribution in [2.45, 2.75) is 25.8 Å². The molecule has 0 aliphatic carbocycles. The Morgan fingerprint density at radius 2 is 1.67 bits per heavy atom. The number of aromatic nitrogens is 2. The summed E-state index contributed by atoms with van der Waals surface area (Å²) in [6.45, 7) is 2.52. The fraction of sp³-hybridized carbons (Fsp3) is 0.364. The standard InChI is InChI=1S/C22H22N4O4/c27-18-13-20(30-19-7-2-1-5-15(18)19)22(29)25-11-9-24(10-12-25)21(28)16-14-23-26-8-4-3-6-17(16)26/h1-2,5,7,13-14H,3-4,6,8-12H2. The molecule has 0 radical (unpaired) electrons. The minimum Gasteiger partial charge on any atom is -0.451 e. The lowest BCUT2D eigenvalue weighted by Crippen LogP contribution is -2.50. The fourth-order valence-electron chi connectivity index (χ4n) is 4.25. The van der Waals surface area contributed by atoms with E-state index in [1.807, 2.05) is 4.68 Å². The first-order valence-electron chi connectivity index (χ1n) is 10.3. The number of nitrogens with zero attached hydrogens (tertiary/aromatic N) is 4. The Morgan fingerprint density at radius 1 is 0.933 bits per heavy atom. The zero-order valence-corrected chi connectivity index (χ0v) is 16.5. The molecule has 2 aromatic heterocycles. The third kappa shape index (κ3) is 3.18.